The molecule has 0 aliphatic carbocycles. The van der Waals surface area contributed by atoms with E-state index in [4.69, 9.17) is 18.4 Å². The van der Waals surface area contributed by atoms with Crippen molar-refractivity contribution in [2.45, 2.75) is 31.8 Å². The maximum absolute atomic E-state index is 12.5. The highest BCUT2D eigenvalue weighted by Gasteiger charge is 2.22. The van der Waals surface area contributed by atoms with Crippen molar-refractivity contribution < 1.29 is 26.8 Å². The first kappa shape index (κ1) is 21.8. The zero-order valence-electron chi connectivity index (χ0n) is 16.4. The van der Waals surface area contributed by atoms with E-state index in [1.807, 2.05) is 0 Å². The molecule has 154 valence electrons. The lowest BCUT2D eigenvalue weighted by Gasteiger charge is -2.12. The van der Waals surface area contributed by atoms with Crippen LogP contribution in [0.25, 0.3) is 0 Å². The molecule has 0 radical (unpaired) electrons. The molecule has 9 heteroatoms. The Morgan fingerprint density at radius 1 is 1.07 bits per heavy atom. The van der Waals surface area contributed by atoms with Gasteiger partial charge in [-0.15, -0.1) is 0 Å². The van der Waals surface area contributed by atoms with Crippen LogP contribution in [0.3, 0.4) is 0 Å². The van der Waals surface area contributed by atoms with Crippen LogP contribution < -0.4 is 19.6 Å². The number of ether oxygens (including phenoxy) is 3. The van der Waals surface area contributed by atoms with Gasteiger partial charge in [-0.2, -0.15) is 8.42 Å². The molecule has 2 aromatic rings. The summed E-state index contributed by atoms with van der Waals surface area (Å²) in [5.41, 5.74) is -0.0517. The molecule has 1 aromatic carbocycles. The van der Waals surface area contributed by atoms with Crippen molar-refractivity contribution in [1.82, 2.24) is 4.98 Å². The van der Waals surface area contributed by atoms with Crippen LogP contribution in [0.5, 0.6) is 17.2 Å². The Labute approximate surface area is 164 Å². The lowest BCUT2D eigenvalue weighted by molar-refractivity contribution is 0.283. The molecule has 0 amide bonds. The zero-order valence-corrected chi connectivity index (χ0v) is 17.2. The summed E-state index contributed by atoms with van der Waals surface area (Å²) in [4.78, 5) is 14.8. The van der Waals surface area contributed by atoms with E-state index in [0.717, 1.165) is 6.42 Å². The van der Waals surface area contributed by atoms with Gasteiger partial charge in [0, 0.05) is 24.0 Å². The fourth-order valence-corrected chi connectivity index (χ4v) is 3.35. The molecule has 1 N–H and O–H groups in total. The van der Waals surface area contributed by atoms with Gasteiger partial charge in [0.15, 0.2) is 5.75 Å². The number of nitrogens with one attached hydrogen (secondary N) is 1. The van der Waals surface area contributed by atoms with Gasteiger partial charge in [-0.25, -0.2) is 0 Å². The summed E-state index contributed by atoms with van der Waals surface area (Å²) in [6.07, 6.45) is 2.23. The molecule has 0 atom stereocenters. The average Bonchev–Trinajstić information content (AvgIpc) is 2.67. The van der Waals surface area contributed by atoms with E-state index in [9.17, 15) is 13.2 Å². The van der Waals surface area contributed by atoms with Crippen LogP contribution >= 0.6 is 0 Å². The summed E-state index contributed by atoms with van der Waals surface area (Å²) in [7, 11) is -1.36. The van der Waals surface area contributed by atoms with Crippen molar-refractivity contribution in [2.75, 3.05) is 20.8 Å². The van der Waals surface area contributed by atoms with Gasteiger partial charge in [0.1, 0.15) is 23.0 Å². The second-order valence-corrected chi connectivity index (χ2v) is 8.03. The van der Waals surface area contributed by atoms with Crippen LogP contribution in [0.1, 0.15) is 26.0 Å². The first-order valence-electron chi connectivity index (χ1n) is 8.72. The zero-order chi connectivity index (χ0) is 20.7. The van der Waals surface area contributed by atoms with Crippen LogP contribution in [0.4, 0.5) is 0 Å². The molecule has 0 saturated carbocycles. The topological polar surface area (TPSA) is 104 Å². The van der Waals surface area contributed by atoms with Gasteiger partial charge in [-0.1, -0.05) is 13.8 Å². The summed E-state index contributed by atoms with van der Waals surface area (Å²) < 4.78 is 45.7. The largest absolute Gasteiger partial charge is 0.497 e. The molecule has 8 nitrogen and oxygen atoms in total. The third-order valence-electron chi connectivity index (χ3n) is 3.90. The van der Waals surface area contributed by atoms with Crippen LogP contribution in [-0.2, 0) is 20.9 Å². The van der Waals surface area contributed by atoms with Crippen molar-refractivity contribution >= 4 is 10.1 Å². The maximum atomic E-state index is 12.5. The minimum atomic E-state index is -4.14. The SMILES string of the molecule is COc1ccc(OC)c(S(=O)(=O)OCc2cc(=O)c(OCCC(C)C)c[nH]2)c1. The van der Waals surface area contributed by atoms with Gasteiger partial charge in [0.2, 0.25) is 5.43 Å². The molecule has 0 aliphatic heterocycles. The van der Waals surface area contributed by atoms with E-state index in [1.54, 1.807) is 6.07 Å². The van der Waals surface area contributed by atoms with Gasteiger partial charge in [0.05, 0.1) is 20.8 Å². The fraction of sp³-hybridized carbons (Fsp3) is 0.421. The van der Waals surface area contributed by atoms with E-state index >= 15 is 0 Å². The van der Waals surface area contributed by atoms with E-state index in [1.165, 1.54) is 38.6 Å². The highest BCUT2D eigenvalue weighted by atomic mass is 32.2. The molecule has 1 heterocycles. The average molecular weight is 411 g/mol. The summed E-state index contributed by atoms with van der Waals surface area (Å²) in [5, 5.41) is 0. The molecule has 2 rings (SSSR count). The number of hydrogen-bond acceptors (Lipinski definition) is 7. The van der Waals surface area contributed by atoms with Crippen molar-refractivity contribution in [1.29, 1.82) is 0 Å². The molecule has 1 aromatic heterocycles. The lowest BCUT2D eigenvalue weighted by atomic mass is 10.1. The number of aromatic amines is 1. The number of benzene rings is 1. The molecule has 0 aliphatic rings. The summed E-state index contributed by atoms with van der Waals surface area (Å²) in [6, 6.07) is 5.61. The second kappa shape index (κ2) is 9.61. The van der Waals surface area contributed by atoms with Crippen molar-refractivity contribution in [2.24, 2.45) is 5.92 Å². The Morgan fingerprint density at radius 3 is 2.43 bits per heavy atom. The molecular formula is C19H25NO7S. The molecule has 0 bridgehead atoms. The van der Waals surface area contributed by atoms with Crippen LogP contribution in [-0.4, -0.2) is 34.2 Å². The van der Waals surface area contributed by atoms with E-state index in [-0.39, 0.29) is 28.4 Å². The van der Waals surface area contributed by atoms with E-state index in [2.05, 4.69) is 18.8 Å². The fourth-order valence-electron chi connectivity index (χ4n) is 2.29. The van der Waals surface area contributed by atoms with Gasteiger partial charge < -0.3 is 19.2 Å². The number of methoxy groups -OCH3 is 2. The first-order chi connectivity index (χ1) is 13.3. The first-order valence-corrected chi connectivity index (χ1v) is 10.1. The van der Waals surface area contributed by atoms with Crippen molar-refractivity contribution in [3.05, 3.63) is 46.4 Å². The molecule has 0 fully saturated rings. The molecule has 28 heavy (non-hydrogen) atoms. The highest BCUT2D eigenvalue weighted by molar-refractivity contribution is 7.86. The highest BCUT2D eigenvalue weighted by Crippen LogP contribution is 2.29. The molecule has 0 saturated heterocycles. The van der Waals surface area contributed by atoms with Crippen LogP contribution in [0, 0.1) is 5.92 Å². The van der Waals surface area contributed by atoms with Gasteiger partial charge >= 0.3 is 10.1 Å². The lowest BCUT2D eigenvalue weighted by Crippen LogP contribution is -2.13. The van der Waals surface area contributed by atoms with Gasteiger partial charge in [0.25, 0.3) is 0 Å². The predicted molar refractivity (Wildman–Crippen MR) is 104 cm³/mol. The maximum Gasteiger partial charge on any atom is 0.301 e. The van der Waals surface area contributed by atoms with Crippen molar-refractivity contribution in [3.8, 4) is 17.2 Å². The minimum absolute atomic E-state index is 0.128. The van der Waals surface area contributed by atoms with E-state index in [0.29, 0.717) is 24.0 Å². The predicted octanol–water partition coefficient (Wildman–Crippen LogP) is 2.72. The number of hydrogen-bond donors (Lipinski definition) is 1. The minimum Gasteiger partial charge on any atom is -0.497 e. The Hall–Kier alpha value is -2.52. The normalized spacial score (nSPS) is 11.5. The number of H-pyrrole nitrogens is 1. The number of rotatable bonds is 10. The standard InChI is InChI=1S/C19H25NO7S/c1-13(2)7-8-26-18-11-20-14(9-16(18)21)12-27-28(22,23)19-10-15(24-3)5-6-17(19)25-4/h5-6,9-11,13H,7-8,12H2,1-4H3,(H,20,21). The second-order valence-electron chi connectivity index (χ2n) is 6.45. The van der Waals surface area contributed by atoms with Crippen LogP contribution in [0.2, 0.25) is 0 Å². The third-order valence-corrected chi connectivity index (χ3v) is 5.19. The number of aromatic nitrogens is 1. The Kier molecular flexibility index (Phi) is 7.47. The monoisotopic (exact) mass is 411 g/mol. The van der Waals surface area contributed by atoms with Gasteiger partial charge in [-0.05, 0) is 24.5 Å². The van der Waals surface area contributed by atoms with Gasteiger partial charge in [-0.3, -0.25) is 8.98 Å². The Balaban J connectivity index is 2.11. The summed E-state index contributed by atoms with van der Waals surface area (Å²) >= 11 is 0. The molecule has 0 unspecified atom stereocenters. The Bertz CT molecular complexity index is 951. The smallest absolute Gasteiger partial charge is 0.301 e. The summed E-state index contributed by atoms with van der Waals surface area (Å²) in [5.74, 6) is 1.12. The van der Waals surface area contributed by atoms with Crippen molar-refractivity contribution in [3.63, 3.8) is 0 Å². The third kappa shape index (κ3) is 5.74. The Morgan fingerprint density at radius 2 is 1.82 bits per heavy atom. The molecule has 0 spiro atoms. The summed E-state index contributed by atoms with van der Waals surface area (Å²) in [6.45, 7) is 4.21. The van der Waals surface area contributed by atoms with E-state index < -0.39 is 10.1 Å². The quantitative estimate of drug-likeness (QED) is 0.600. The molecular weight excluding hydrogens is 386 g/mol. The number of pyridine rings is 1. The van der Waals surface area contributed by atoms with Crippen LogP contribution in [0.15, 0.2) is 40.2 Å².